The van der Waals surface area contributed by atoms with Gasteiger partial charge >= 0.3 is 0 Å². The maximum absolute atomic E-state index is 9.96. The van der Waals surface area contributed by atoms with Gasteiger partial charge in [0.15, 0.2) is 6.29 Å². The summed E-state index contributed by atoms with van der Waals surface area (Å²) in [5.41, 5.74) is 0.843. The van der Waals surface area contributed by atoms with Crippen LogP contribution in [0.15, 0.2) is 30.3 Å². The van der Waals surface area contributed by atoms with Gasteiger partial charge < -0.3 is 9.84 Å². The van der Waals surface area contributed by atoms with Gasteiger partial charge in [0.2, 0.25) is 0 Å². The summed E-state index contributed by atoms with van der Waals surface area (Å²) >= 11 is 0. The van der Waals surface area contributed by atoms with E-state index in [1.54, 1.807) is 0 Å². The number of aliphatic hydroxyl groups excluding tert-OH is 1. The van der Waals surface area contributed by atoms with E-state index in [-0.39, 0.29) is 0 Å². The van der Waals surface area contributed by atoms with Crippen LogP contribution in [0.2, 0.25) is 0 Å². The van der Waals surface area contributed by atoms with E-state index in [0.717, 1.165) is 12.0 Å². The number of ether oxygens (including phenoxy) is 1. The molecule has 0 aromatic heterocycles. The Labute approximate surface area is 194 Å². The van der Waals surface area contributed by atoms with Gasteiger partial charge in [0.1, 0.15) is 0 Å². The zero-order valence-electron chi connectivity index (χ0n) is 20.7. The van der Waals surface area contributed by atoms with Gasteiger partial charge in [0.05, 0.1) is 6.61 Å². The third-order valence-electron chi connectivity index (χ3n) is 6.36. The van der Waals surface area contributed by atoms with Gasteiger partial charge in [-0.15, -0.1) is 0 Å². The van der Waals surface area contributed by atoms with E-state index in [1.165, 1.54) is 122 Å². The van der Waals surface area contributed by atoms with Crippen molar-refractivity contribution in [2.24, 2.45) is 0 Å². The second kappa shape index (κ2) is 22.3. The first kappa shape index (κ1) is 28.2. The zero-order valence-corrected chi connectivity index (χ0v) is 20.7. The minimum Gasteiger partial charge on any atom is -0.364 e. The van der Waals surface area contributed by atoms with Crippen molar-refractivity contribution < 1.29 is 9.84 Å². The van der Waals surface area contributed by atoms with E-state index in [2.05, 4.69) is 6.92 Å². The number of hydrogen-bond donors (Lipinski definition) is 1. The van der Waals surface area contributed by atoms with Crippen LogP contribution in [0.1, 0.15) is 147 Å². The topological polar surface area (TPSA) is 29.5 Å². The molecule has 2 heteroatoms. The summed E-state index contributed by atoms with van der Waals surface area (Å²) in [5.74, 6) is 0. The molecule has 1 N–H and O–H groups in total. The fourth-order valence-electron chi connectivity index (χ4n) is 4.27. The number of unbranched alkanes of at least 4 members (excludes halogenated alkanes) is 19. The van der Waals surface area contributed by atoms with Crippen molar-refractivity contribution in [2.75, 3.05) is 6.61 Å². The van der Waals surface area contributed by atoms with Crippen molar-refractivity contribution in [3.63, 3.8) is 0 Å². The predicted molar refractivity (Wildman–Crippen MR) is 135 cm³/mol. The van der Waals surface area contributed by atoms with Crippen LogP contribution in [0.25, 0.3) is 0 Å². The monoisotopic (exact) mass is 432 g/mol. The second-order valence-corrected chi connectivity index (χ2v) is 9.35. The molecule has 1 rings (SSSR count). The van der Waals surface area contributed by atoms with Gasteiger partial charge in [-0.2, -0.15) is 0 Å². The molecule has 0 bridgehead atoms. The second-order valence-electron chi connectivity index (χ2n) is 9.35. The molecule has 0 aliphatic rings. The van der Waals surface area contributed by atoms with E-state index in [0.29, 0.717) is 6.61 Å². The van der Waals surface area contributed by atoms with Crippen molar-refractivity contribution in [1.82, 2.24) is 0 Å². The van der Waals surface area contributed by atoms with Crippen molar-refractivity contribution in [1.29, 1.82) is 0 Å². The highest BCUT2D eigenvalue weighted by atomic mass is 16.6. The lowest BCUT2D eigenvalue weighted by Gasteiger charge is -2.12. The van der Waals surface area contributed by atoms with Gasteiger partial charge in [0.25, 0.3) is 0 Å². The molecule has 0 fully saturated rings. The Balaban J connectivity index is 1.70. The van der Waals surface area contributed by atoms with Crippen LogP contribution in [0.5, 0.6) is 0 Å². The normalized spacial score (nSPS) is 12.3. The molecule has 2 nitrogen and oxygen atoms in total. The molecule has 0 saturated carbocycles. The molecule has 0 saturated heterocycles. The molecule has 0 aliphatic carbocycles. The molecule has 31 heavy (non-hydrogen) atoms. The Morgan fingerprint density at radius 1 is 0.548 bits per heavy atom. The summed E-state index contributed by atoms with van der Waals surface area (Å²) in [5, 5.41) is 9.96. The Morgan fingerprint density at radius 3 is 1.29 bits per heavy atom. The lowest BCUT2D eigenvalue weighted by atomic mass is 10.0. The Morgan fingerprint density at radius 2 is 0.903 bits per heavy atom. The lowest BCUT2D eigenvalue weighted by Crippen LogP contribution is -2.04. The quantitative estimate of drug-likeness (QED) is 0.138. The van der Waals surface area contributed by atoms with Gasteiger partial charge in [-0.05, 0) is 6.42 Å². The van der Waals surface area contributed by atoms with Crippen LogP contribution >= 0.6 is 0 Å². The summed E-state index contributed by atoms with van der Waals surface area (Å²) in [6.45, 7) is 2.94. The third-order valence-corrected chi connectivity index (χ3v) is 6.36. The smallest absolute Gasteiger partial charge is 0.181 e. The average molecular weight is 433 g/mol. The van der Waals surface area contributed by atoms with Crippen LogP contribution in [-0.2, 0) is 4.74 Å². The molecule has 0 heterocycles. The van der Waals surface area contributed by atoms with Crippen LogP contribution < -0.4 is 0 Å². The molecule has 1 aromatic rings. The molecular formula is C29H52O2. The maximum Gasteiger partial charge on any atom is 0.181 e. The largest absolute Gasteiger partial charge is 0.364 e. The highest BCUT2D eigenvalue weighted by Crippen LogP contribution is 2.16. The Hall–Kier alpha value is -0.860. The Kier molecular flexibility index (Phi) is 20.3. The van der Waals surface area contributed by atoms with E-state index < -0.39 is 6.29 Å². The van der Waals surface area contributed by atoms with E-state index in [4.69, 9.17) is 4.74 Å². The fourth-order valence-corrected chi connectivity index (χ4v) is 4.27. The number of aliphatic hydroxyl groups is 1. The standard InChI is InChI=1S/C29H52O2/c1-2-3-4-5-6-7-8-9-10-11-12-13-14-15-16-17-18-19-20-24-27-31-29(30)28-25-22-21-23-26-28/h21-23,25-26,29-30H,2-20,24,27H2,1H3. The molecule has 0 spiro atoms. The predicted octanol–water partition coefficient (Wildman–Crippen LogP) is 9.52. The summed E-state index contributed by atoms with van der Waals surface area (Å²) in [7, 11) is 0. The minimum atomic E-state index is -0.776. The summed E-state index contributed by atoms with van der Waals surface area (Å²) in [6, 6.07) is 9.62. The zero-order chi connectivity index (χ0) is 22.2. The highest BCUT2D eigenvalue weighted by molar-refractivity contribution is 5.15. The van der Waals surface area contributed by atoms with Crippen molar-refractivity contribution in [2.45, 2.75) is 142 Å². The number of benzene rings is 1. The summed E-state index contributed by atoms with van der Waals surface area (Å²) < 4.78 is 5.52. The molecule has 0 aliphatic heterocycles. The fraction of sp³-hybridized carbons (Fsp3) is 0.793. The number of hydrogen-bond acceptors (Lipinski definition) is 2. The van der Waals surface area contributed by atoms with E-state index in [9.17, 15) is 5.11 Å². The average Bonchev–Trinajstić information content (AvgIpc) is 2.80. The van der Waals surface area contributed by atoms with Crippen LogP contribution in [0, 0.1) is 0 Å². The van der Waals surface area contributed by atoms with Crippen molar-refractivity contribution in [3.05, 3.63) is 35.9 Å². The molecule has 1 unspecified atom stereocenters. The molecular weight excluding hydrogens is 380 g/mol. The first-order valence-corrected chi connectivity index (χ1v) is 13.7. The molecule has 180 valence electrons. The summed E-state index contributed by atoms with van der Waals surface area (Å²) in [6.07, 6.45) is 27.1. The first-order chi connectivity index (χ1) is 15.3. The summed E-state index contributed by atoms with van der Waals surface area (Å²) in [4.78, 5) is 0. The van der Waals surface area contributed by atoms with E-state index in [1.807, 2.05) is 30.3 Å². The first-order valence-electron chi connectivity index (χ1n) is 13.7. The number of rotatable bonds is 23. The lowest BCUT2D eigenvalue weighted by molar-refractivity contribution is -0.103. The SMILES string of the molecule is CCCCCCCCCCCCCCCCCCCCCCOC(O)c1ccccc1. The molecule has 1 atom stereocenters. The third kappa shape index (κ3) is 18.4. The van der Waals surface area contributed by atoms with Gasteiger partial charge in [-0.3, -0.25) is 0 Å². The van der Waals surface area contributed by atoms with Crippen LogP contribution in [0.4, 0.5) is 0 Å². The van der Waals surface area contributed by atoms with Gasteiger partial charge in [-0.1, -0.05) is 159 Å². The van der Waals surface area contributed by atoms with Crippen molar-refractivity contribution >= 4 is 0 Å². The Bertz CT molecular complexity index is 459. The molecule has 0 amide bonds. The maximum atomic E-state index is 9.96. The van der Waals surface area contributed by atoms with Gasteiger partial charge in [-0.25, -0.2) is 0 Å². The van der Waals surface area contributed by atoms with Gasteiger partial charge in [0, 0.05) is 5.56 Å². The van der Waals surface area contributed by atoms with Crippen LogP contribution in [-0.4, -0.2) is 11.7 Å². The van der Waals surface area contributed by atoms with E-state index >= 15 is 0 Å². The molecule has 1 aromatic carbocycles. The molecule has 0 radical (unpaired) electrons. The highest BCUT2D eigenvalue weighted by Gasteiger charge is 2.05. The minimum absolute atomic E-state index is 0.648. The van der Waals surface area contributed by atoms with Crippen LogP contribution in [0.3, 0.4) is 0 Å². The van der Waals surface area contributed by atoms with Crippen molar-refractivity contribution in [3.8, 4) is 0 Å².